The number of amidine groups is 2. The van der Waals surface area contributed by atoms with E-state index in [1.165, 1.54) is 0 Å². The van der Waals surface area contributed by atoms with Crippen LogP contribution in [0.2, 0.25) is 0 Å². The fraction of sp³-hybridized carbons (Fsp3) is 0.0351. The Bertz CT molecular complexity index is 3650. The Hall–Kier alpha value is -8.35. The normalized spacial score (nSPS) is 13.0. The van der Waals surface area contributed by atoms with Crippen molar-refractivity contribution in [3.05, 3.63) is 228 Å². The van der Waals surface area contributed by atoms with E-state index >= 15 is 0 Å². The van der Waals surface area contributed by atoms with Crippen LogP contribution in [0.15, 0.2) is 225 Å². The molecule has 300 valence electrons. The third-order valence-corrected chi connectivity index (χ3v) is 11.8. The number of nitrogens with zero attached hydrogens (tertiary/aromatic N) is 3. The summed E-state index contributed by atoms with van der Waals surface area (Å²) < 4.78 is 15.9. The first-order valence-electron chi connectivity index (χ1n) is 21.1. The Labute approximate surface area is 363 Å². The van der Waals surface area contributed by atoms with Gasteiger partial charge in [0.25, 0.3) is 0 Å². The summed E-state index contributed by atoms with van der Waals surface area (Å²) in [4.78, 5) is 9.71. The Morgan fingerprint density at radius 2 is 1.11 bits per heavy atom. The second kappa shape index (κ2) is 15.9. The fourth-order valence-electron chi connectivity index (χ4n) is 8.76. The highest BCUT2D eigenvalue weighted by Crippen LogP contribution is 2.45. The highest BCUT2D eigenvalue weighted by molar-refractivity contribution is 6.27. The Morgan fingerprint density at radius 3 is 1.86 bits per heavy atom. The van der Waals surface area contributed by atoms with Gasteiger partial charge in [-0.05, 0) is 71.7 Å². The van der Waals surface area contributed by atoms with Gasteiger partial charge < -0.3 is 13.4 Å². The van der Waals surface area contributed by atoms with E-state index in [-0.39, 0.29) is 5.84 Å². The molecule has 0 aliphatic heterocycles. The van der Waals surface area contributed by atoms with Crippen LogP contribution in [-0.4, -0.2) is 22.5 Å². The van der Waals surface area contributed by atoms with Crippen molar-refractivity contribution in [2.75, 3.05) is 0 Å². The molecule has 11 rings (SSSR count). The summed E-state index contributed by atoms with van der Waals surface area (Å²) in [7, 11) is 0. The highest BCUT2D eigenvalue weighted by atomic mass is 16.4. The molecule has 0 unspecified atom stereocenters. The maximum Gasteiger partial charge on any atom is 0.178 e. The molecule has 6 heteroatoms. The minimum absolute atomic E-state index is 0.120. The van der Waals surface area contributed by atoms with Gasteiger partial charge in [0.2, 0.25) is 0 Å². The second-order valence-electron chi connectivity index (χ2n) is 15.7. The zero-order valence-corrected chi connectivity index (χ0v) is 34.5. The van der Waals surface area contributed by atoms with E-state index in [1.807, 2.05) is 91.9 Å². The van der Waals surface area contributed by atoms with Gasteiger partial charge in [-0.1, -0.05) is 158 Å². The van der Waals surface area contributed by atoms with Crippen molar-refractivity contribution in [2.45, 2.75) is 13.3 Å². The van der Waals surface area contributed by atoms with Crippen molar-refractivity contribution >= 4 is 94.8 Å². The zero-order chi connectivity index (χ0) is 42.3. The highest BCUT2D eigenvalue weighted by Gasteiger charge is 2.24. The molecular weight excluding hydrogens is 773 g/mol. The van der Waals surface area contributed by atoms with E-state index in [0.717, 1.165) is 99.2 Å². The van der Waals surface area contributed by atoms with E-state index in [9.17, 15) is 5.41 Å². The number of nitrogens with one attached hydrogen (secondary N) is 1. The molecule has 0 spiro atoms. The molecule has 0 saturated carbocycles. The van der Waals surface area contributed by atoms with Crippen molar-refractivity contribution in [1.29, 1.82) is 5.41 Å². The van der Waals surface area contributed by atoms with E-state index < -0.39 is 0 Å². The fourth-order valence-corrected chi connectivity index (χ4v) is 8.76. The summed E-state index contributed by atoms with van der Waals surface area (Å²) in [5.74, 6) is 0.582. The maximum absolute atomic E-state index is 9.47. The molecule has 0 bridgehead atoms. The van der Waals surface area contributed by atoms with Gasteiger partial charge in [-0.15, -0.1) is 0 Å². The number of rotatable bonds is 8. The molecule has 0 saturated heterocycles. The van der Waals surface area contributed by atoms with E-state index in [1.54, 1.807) is 6.21 Å². The number of hydrogen-bond donors (Lipinski definition) is 1. The lowest BCUT2D eigenvalue weighted by Gasteiger charge is -2.19. The first kappa shape index (κ1) is 37.6. The van der Waals surface area contributed by atoms with Crippen molar-refractivity contribution in [2.24, 2.45) is 9.98 Å². The van der Waals surface area contributed by atoms with Crippen molar-refractivity contribution in [3.8, 4) is 0 Å². The van der Waals surface area contributed by atoms with Crippen LogP contribution in [0.3, 0.4) is 0 Å². The van der Waals surface area contributed by atoms with E-state index in [2.05, 4.69) is 120 Å². The van der Waals surface area contributed by atoms with Crippen molar-refractivity contribution in [1.82, 2.24) is 4.57 Å². The molecule has 3 aromatic heterocycles. The van der Waals surface area contributed by atoms with Crippen LogP contribution in [0.4, 0.5) is 0 Å². The first-order chi connectivity index (χ1) is 31.1. The van der Waals surface area contributed by atoms with Crippen LogP contribution in [0.5, 0.6) is 0 Å². The predicted octanol–water partition coefficient (Wildman–Crippen LogP) is 14.7. The van der Waals surface area contributed by atoms with Crippen molar-refractivity contribution in [3.63, 3.8) is 0 Å². The van der Waals surface area contributed by atoms with Gasteiger partial charge in [0.15, 0.2) is 17.0 Å². The molecule has 3 heterocycles. The predicted molar refractivity (Wildman–Crippen MR) is 262 cm³/mol. The van der Waals surface area contributed by atoms with Crippen LogP contribution in [0.25, 0.3) is 77.0 Å². The second-order valence-corrected chi connectivity index (χ2v) is 15.7. The molecule has 63 heavy (non-hydrogen) atoms. The van der Waals surface area contributed by atoms with Gasteiger partial charge in [-0.3, -0.25) is 5.41 Å². The smallest absolute Gasteiger partial charge is 0.178 e. The summed E-state index contributed by atoms with van der Waals surface area (Å²) >= 11 is 0. The molecule has 1 N–H and O–H groups in total. The van der Waals surface area contributed by atoms with Gasteiger partial charge in [0.05, 0.1) is 16.4 Å². The SMILES string of the molecule is C/C(=C\C(=C(/Cc1ccccc1)n1c2ccccc2c2c3oc4c(ccc5c6ccccc6oc54)c3ccc21)c1ccccc1)C(=N)N=C(N=Cc1ccccc1)c1ccccc1. The molecule has 0 atom stereocenters. The quantitative estimate of drug-likeness (QED) is 0.0942. The monoisotopic (exact) mass is 812 g/mol. The van der Waals surface area contributed by atoms with E-state index in [4.69, 9.17) is 18.8 Å². The molecule has 8 aromatic carbocycles. The number of fused-ring (bicyclic) bond motifs is 11. The molecule has 0 fully saturated rings. The molecule has 0 aliphatic carbocycles. The molecule has 0 aliphatic rings. The van der Waals surface area contributed by atoms with Crippen LogP contribution >= 0.6 is 0 Å². The van der Waals surface area contributed by atoms with Gasteiger partial charge in [-0.25, -0.2) is 9.98 Å². The summed E-state index contributed by atoms with van der Waals surface area (Å²) in [6, 6.07) is 66.2. The first-order valence-corrected chi connectivity index (χ1v) is 21.1. The molecule has 11 aromatic rings. The van der Waals surface area contributed by atoms with Gasteiger partial charge in [0.1, 0.15) is 17.0 Å². The lowest BCUT2D eigenvalue weighted by molar-refractivity contribution is 0.635. The van der Waals surface area contributed by atoms with Crippen LogP contribution in [-0.2, 0) is 6.42 Å². The zero-order valence-electron chi connectivity index (χ0n) is 34.5. The average Bonchev–Trinajstić information content (AvgIpc) is 4.02. The van der Waals surface area contributed by atoms with Crippen LogP contribution < -0.4 is 0 Å². The lowest BCUT2D eigenvalue weighted by Crippen LogP contribution is -2.07. The number of hydrogen-bond acceptors (Lipinski definition) is 3. The third kappa shape index (κ3) is 6.84. The van der Waals surface area contributed by atoms with Gasteiger partial charge in [0, 0.05) is 56.4 Å². The van der Waals surface area contributed by atoms with Crippen LogP contribution in [0, 0.1) is 5.41 Å². The molecule has 6 nitrogen and oxygen atoms in total. The summed E-state index contributed by atoms with van der Waals surface area (Å²) in [6.45, 7) is 1.96. The molecule has 0 amide bonds. The van der Waals surface area contributed by atoms with Gasteiger partial charge >= 0.3 is 0 Å². The number of aromatic nitrogens is 1. The average molecular weight is 813 g/mol. The number of benzene rings is 8. The number of furan rings is 2. The minimum atomic E-state index is 0.120. The Morgan fingerprint density at radius 1 is 0.540 bits per heavy atom. The summed E-state index contributed by atoms with van der Waals surface area (Å²) in [5.41, 5.74) is 11.9. The maximum atomic E-state index is 9.47. The Balaban J connectivity index is 1.15. The van der Waals surface area contributed by atoms with E-state index in [0.29, 0.717) is 17.8 Å². The number of para-hydroxylation sites is 2. The topological polar surface area (TPSA) is 79.8 Å². The van der Waals surface area contributed by atoms with Crippen LogP contribution in [0.1, 0.15) is 29.2 Å². The number of aliphatic imine (C=N–C) groups is 2. The standard InChI is InChI=1S/C57H40N4O2/c1-37(56(58)60-57(41-24-12-5-13-25-41)59-36-39-20-8-3-9-21-39)34-47(40-22-10-4-11-23-40)50(35-38-18-6-2-7-19-38)61-48-28-16-14-27-46(48)52-49(61)33-32-44-45-31-30-43-42-26-15-17-29-51(42)62-54(43)55(45)63-53(44)52/h2-34,36,58H,35H2,1H3/b37-34+,50-47-,58-56?,59-36?,60-57?. The lowest BCUT2D eigenvalue weighted by atomic mass is 9.96. The third-order valence-electron chi connectivity index (χ3n) is 11.8. The van der Waals surface area contributed by atoms with Gasteiger partial charge in [-0.2, -0.15) is 0 Å². The number of allylic oxidation sites excluding steroid dienone is 3. The summed E-state index contributed by atoms with van der Waals surface area (Å²) in [5, 5.41) is 15.7. The summed E-state index contributed by atoms with van der Waals surface area (Å²) in [6.07, 6.45) is 4.52. The minimum Gasteiger partial charge on any atom is -0.452 e. The molecular formula is C57H40N4O2. The largest absolute Gasteiger partial charge is 0.452 e. The van der Waals surface area contributed by atoms with Crippen molar-refractivity contribution < 1.29 is 8.83 Å². The Kier molecular flexibility index (Phi) is 9.51. The molecule has 0 radical (unpaired) electrons.